The number of benzene rings is 1. The van der Waals surface area contributed by atoms with Crippen LogP contribution in [0.2, 0.25) is 0 Å². The zero-order valence-electron chi connectivity index (χ0n) is 14.5. The molecule has 6 rings (SSSR count). The summed E-state index contributed by atoms with van der Waals surface area (Å²) < 4.78 is 4.20. The van der Waals surface area contributed by atoms with Gasteiger partial charge in [-0.05, 0) is 31.0 Å². The number of aromatic amines is 1. The van der Waals surface area contributed by atoms with Crippen molar-refractivity contribution in [2.24, 2.45) is 0 Å². The first-order chi connectivity index (χ1) is 13.3. The van der Waals surface area contributed by atoms with Crippen molar-refractivity contribution in [3.05, 3.63) is 47.1 Å². The molecule has 4 heterocycles. The average molecular weight is 359 g/mol. The molecule has 0 bridgehead atoms. The summed E-state index contributed by atoms with van der Waals surface area (Å²) in [7, 11) is 0. The van der Waals surface area contributed by atoms with Gasteiger partial charge in [0.1, 0.15) is 11.4 Å². The molecule has 0 radical (unpaired) electrons. The van der Waals surface area contributed by atoms with Crippen LogP contribution in [0.1, 0.15) is 18.9 Å². The van der Waals surface area contributed by atoms with Crippen molar-refractivity contribution >= 4 is 16.9 Å². The third kappa shape index (κ3) is 2.22. The molecule has 0 spiro atoms. The van der Waals surface area contributed by atoms with Crippen LogP contribution >= 0.6 is 0 Å². The molecule has 1 aromatic carbocycles. The van der Waals surface area contributed by atoms with Gasteiger partial charge in [-0.1, -0.05) is 6.07 Å². The van der Waals surface area contributed by atoms with Gasteiger partial charge in [0.2, 0.25) is 5.95 Å². The van der Waals surface area contributed by atoms with E-state index >= 15 is 0 Å². The second kappa shape index (κ2) is 5.29. The number of aromatic nitrogens is 6. The number of fused-ring (bicyclic) bond motifs is 2. The van der Waals surface area contributed by atoms with Gasteiger partial charge >= 0.3 is 0 Å². The Balaban J connectivity index is 1.57. The second-order valence-electron chi connectivity index (χ2n) is 7.09. The molecule has 0 saturated heterocycles. The molecule has 1 fully saturated rings. The lowest BCUT2D eigenvalue weighted by Crippen LogP contribution is -2.06. The molecule has 8 nitrogen and oxygen atoms in total. The highest BCUT2D eigenvalue weighted by molar-refractivity contribution is 5.87. The molecule has 8 heteroatoms. The molecule has 1 aliphatic heterocycles. The van der Waals surface area contributed by atoms with E-state index in [4.69, 9.17) is 10.1 Å². The predicted molar refractivity (Wildman–Crippen MR) is 102 cm³/mol. The van der Waals surface area contributed by atoms with Gasteiger partial charge in [0, 0.05) is 24.8 Å². The first-order valence-corrected chi connectivity index (χ1v) is 9.16. The summed E-state index contributed by atoms with van der Waals surface area (Å²) in [5, 5.41) is 8.66. The molecule has 0 amide bonds. The van der Waals surface area contributed by atoms with E-state index in [1.54, 1.807) is 0 Å². The Morgan fingerprint density at radius 2 is 2.11 bits per heavy atom. The van der Waals surface area contributed by atoms with E-state index in [-0.39, 0.29) is 5.56 Å². The zero-order valence-corrected chi connectivity index (χ0v) is 14.5. The summed E-state index contributed by atoms with van der Waals surface area (Å²) in [6, 6.07) is 8.33. The Morgan fingerprint density at radius 1 is 1.19 bits per heavy atom. The SMILES string of the molecule is O=c1[nH]cnc2ccc(-c3c(-c4ccn(C5CC5)n4)nc4n3CCN4)cc12. The summed E-state index contributed by atoms with van der Waals surface area (Å²) >= 11 is 0. The Bertz CT molecular complexity index is 1240. The van der Waals surface area contributed by atoms with Gasteiger partial charge in [0.25, 0.3) is 5.56 Å². The van der Waals surface area contributed by atoms with Crippen molar-refractivity contribution in [3.63, 3.8) is 0 Å². The molecule has 0 unspecified atom stereocenters. The smallest absolute Gasteiger partial charge is 0.258 e. The maximum absolute atomic E-state index is 12.2. The fourth-order valence-electron chi connectivity index (χ4n) is 3.78. The Kier molecular flexibility index (Phi) is 2.88. The maximum Gasteiger partial charge on any atom is 0.258 e. The highest BCUT2D eigenvalue weighted by Crippen LogP contribution is 2.38. The van der Waals surface area contributed by atoms with E-state index in [1.807, 2.05) is 35.1 Å². The molecular weight excluding hydrogens is 342 g/mol. The van der Waals surface area contributed by atoms with Crippen LogP contribution in [0.15, 0.2) is 41.6 Å². The van der Waals surface area contributed by atoms with Gasteiger partial charge in [0.05, 0.1) is 29.0 Å². The standard InChI is InChI=1S/C19H17N7O/c27-18-13-9-11(1-4-14(13)21-10-22-18)17-16(23-19-20-6-8-25(17)19)15-5-7-26(24-15)12-2-3-12/h1,4-5,7,9-10,12H,2-3,6,8H2,(H,20,23)(H,21,22,27). The number of hydrogen-bond donors (Lipinski definition) is 2. The van der Waals surface area contributed by atoms with Gasteiger partial charge in [-0.15, -0.1) is 0 Å². The summed E-state index contributed by atoms with van der Waals surface area (Å²) in [4.78, 5) is 23.9. The van der Waals surface area contributed by atoms with E-state index < -0.39 is 0 Å². The van der Waals surface area contributed by atoms with Gasteiger partial charge in [-0.3, -0.25) is 9.48 Å². The van der Waals surface area contributed by atoms with Crippen LogP contribution in [-0.2, 0) is 6.54 Å². The number of nitrogens with one attached hydrogen (secondary N) is 2. The first kappa shape index (κ1) is 14.7. The quantitative estimate of drug-likeness (QED) is 0.586. The molecular formula is C19H17N7O. The lowest BCUT2D eigenvalue weighted by atomic mass is 10.1. The zero-order chi connectivity index (χ0) is 18.0. The topological polar surface area (TPSA) is 93.4 Å². The average Bonchev–Trinajstić information content (AvgIpc) is 3.09. The van der Waals surface area contributed by atoms with Crippen molar-refractivity contribution in [2.45, 2.75) is 25.4 Å². The Hall–Kier alpha value is -3.42. The largest absolute Gasteiger partial charge is 0.354 e. The van der Waals surface area contributed by atoms with E-state index in [2.05, 4.69) is 19.9 Å². The number of rotatable bonds is 3. The molecule has 3 aromatic heterocycles. The minimum absolute atomic E-state index is 0.138. The number of H-pyrrole nitrogens is 1. The van der Waals surface area contributed by atoms with Crippen molar-refractivity contribution in [1.82, 2.24) is 29.3 Å². The van der Waals surface area contributed by atoms with Gasteiger partial charge < -0.3 is 14.9 Å². The molecule has 0 atom stereocenters. The monoisotopic (exact) mass is 359 g/mol. The van der Waals surface area contributed by atoms with Crippen molar-refractivity contribution in [2.75, 3.05) is 11.9 Å². The van der Waals surface area contributed by atoms with Gasteiger partial charge in [0.15, 0.2) is 0 Å². The fraction of sp³-hybridized carbons (Fsp3) is 0.263. The van der Waals surface area contributed by atoms with Crippen LogP contribution in [0.25, 0.3) is 33.5 Å². The Labute approximate surface area is 153 Å². The van der Waals surface area contributed by atoms with Crippen LogP contribution in [-0.4, -0.2) is 35.8 Å². The molecule has 27 heavy (non-hydrogen) atoms. The normalized spacial score (nSPS) is 15.9. The minimum atomic E-state index is -0.138. The van der Waals surface area contributed by atoms with Crippen LogP contribution in [0.4, 0.5) is 5.95 Å². The summed E-state index contributed by atoms with van der Waals surface area (Å²) in [5.41, 5.74) is 4.18. The molecule has 134 valence electrons. The maximum atomic E-state index is 12.2. The number of hydrogen-bond acceptors (Lipinski definition) is 5. The third-order valence-corrected chi connectivity index (χ3v) is 5.27. The van der Waals surface area contributed by atoms with Crippen LogP contribution in [0.3, 0.4) is 0 Å². The van der Waals surface area contributed by atoms with E-state index in [0.717, 1.165) is 41.7 Å². The van der Waals surface area contributed by atoms with Gasteiger partial charge in [-0.25, -0.2) is 9.97 Å². The number of nitrogens with zero attached hydrogens (tertiary/aromatic N) is 5. The second-order valence-corrected chi connectivity index (χ2v) is 7.09. The molecule has 4 aromatic rings. The molecule has 2 aliphatic rings. The van der Waals surface area contributed by atoms with E-state index in [9.17, 15) is 4.79 Å². The summed E-state index contributed by atoms with van der Waals surface area (Å²) in [6.07, 6.45) is 5.84. The lowest BCUT2D eigenvalue weighted by Gasteiger charge is -2.08. The van der Waals surface area contributed by atoms with Gasteiger partial charge in [-0.2, -0.15) is 5.10 Å². The highest BCUT2D eigenvalue weighted by Gasteiger charge is 2.27. The van der Waals surface area contributed by atoms with E-state index in [0.29, 0.717) is 16.9 Å². The van der Waals surface area contributed by atoms with Crippen LogP contribution < -0.4 is 10.9 Å². The van der Waals surface area contributed by atoms with Crippen molar-refractivity contribution < 1.29 is 0 Å². The molecule has 2 N–H and O–H groups in total. The Morgan fingerprint density at radius 3 is 3.00 bits per heavy atom. The fourth-order valence-corrected chi connectivity index (χ4v) is 3.78. The predicted octanol–water partition coefficient (Wildman–Crippen LogP) is 2.41. The first-order valence-electron chi connectivity index (χ1n) is 9.16. The van der Waals surface area contributed by atoms with Crippen molar-refractivity contribution in [3.8, 4) is 22.6 Å². The summed E-state index contributed by atoms with van der Waals surface area (Å²) in [6.45, 7) is 1.68. The number of anilines is 1. The minimum Gasteiger partial charge on any atom is -0.354 e. The molecule has 1 saturated carbocycles. The van der Waals surface area contributed by atoms with Crippen molar-refractivity contribution in [1.29, 1.82) is 0 Å². The number of imidazole rings is 1. The highest BCUT2D eigenvalue weighted by atomic mass is 16.1. The molecule has 1 aliphatic carbocycles. The van der Waals surface area contributed by atoms with Crippen LogP contribution in [0.5, 0.6) is 0 Å². The summed E-state index contributed by atoms with van der Waals surface area (Å²) in [5.74, 6) is 0.848. The van der Waals surface area contributed by atoms with E-state index in [1.165, 1.54) is 19.2 Å². The van der Waals surface area contributed by atoms with Crippen LogP contribution in [0, 0.1) is 0 Å². The lowest BCUT2D eigenvalue weighted by molar-refractivity contribution is 0.643. The third-order valence-electron chi connectivity index (χ3n) is 5.27.